The molecule has 0 saturated carbocycles. The van der Waals surface area contributed by atoms with Gasteiger partial charge < -0.3 is 5.11 Å². The molecule has 0 aliphatic rings. The van der Waals surface area contributed by atoms with Crippen molar-refractivity contribution in [3.05, 3.63) is 54.1 Å². The maximum Gasteiger partial charge on any atom is 0.322 e. The maximum absolute atomic E-state index is 12.6. The Labute approximate surface area is 193 Å². The molecular formula is C25H33NO4SSi. The molecule has 32 heavy (non-hydrogen) atoms. The number of carboxylic acids is 1. The van der Waals surface area contributed by atoms with Gasteiger partial charge in [0.2, 0.25) is 10.0 Å². The lowest BCUT2D eigenvalue weighted by atomic mass is 10.0. The second kappa shape index (κ2) is 9.61. The van der Waals surface area contributed by atoms with Crippen LogP contribution in [0, 0.1) is 17.4 Å². The molecule has 2 aromatic rings. The van der Waals surface area contributed by atoms with Crippen molar-refractivity contribution < 1.29 is 18.3 Å². The van der Waals surface area contributed by atoms with Gasteiger partial charge in [0.05, 0.1) is 4.90 Å². The van der Waals surface area contributed by atoms with Gasteiger partial charge in [0, 0.05) is 5.56 Å². The number of hydrogen-bond acceptors (Lipinski definition) is 3. The van der Waals surface area contributed by atoms with E-state index < -0.39 is 30.1 Å². The fourth-order valence-corrected chi connectivity index (χ4v) is 4.86. The molecule has 0 amide bonds. The number of hydrogen-bond donors (Lipinski definition) is 2. The van der Waals surface area contributed by atoms with Crippen LogP contribution in [0.2, 0.25) is 18.1 Å². The largest absolute Gasteiger partial charge is 0.480 e. The number of carboxylic acid groups (broad SMARTS) is 1. The monoisotopic (exact) mass is 471 g/mol. The third-order valence-corrected chi connectivity index (χ3v) is 11.9. The first kappa shape index (κ1) is 25.9. The van der Waals surface area contributed by atoms with Crippen LogP contribution < -0.4 is 4.72 Å². The van der Waals surface area contributed by atoms with Crippen molar-refractivity contribution in [3.63, 3.8) is 0 Å². The van der Waals surface area contributed by atoms with E-state index in [1.54, 1.807) is 26.0 Å². The molecule has 0 bridgehead atoms. The van der Waals surface area contributed by atoms with Gasteiger partial charge in [-0.05, 0) is 46.3 Å². The molecule has 0 aliphatic heterocycles. The lowest BCUT2D eigenvalue weighted by Crippen LogP contribution is -2.44. The molecule has 0 spiro atoms. The Hall–Kier alpha value is -2.40. The van der Waals surface area contributed by atoms with Crippen LogP contribution in [0.15, 0.2) is 53.4 Å². The summed E-state index contributed by atoms with van der Waals surface area (Å²) < 4.78 is 27.4. The molecule has 0 heterocycles. The van der Waals surface area contributed by atoms with Gasteiger partial charge in [-0.25, -0.2) is 8.42 Å². The predicted molar refractivity (Wildman–Crippen MR) is 133 cm³/mol. The molecule has 7 heteroatoms. The highest BCUT2D eigenvalue weighted by atomic mass is 32.2. The molecule has 0 aromatic heterocycles. The van der Waals surface area contributed by atoms with Crippen molar-refractivity contribution >= 4 is 24.1 Å². The summed E-state index contributed by atoms with van der Waals surface area (Å²) in [6.45, 7) is 14.6. The first-order chi connectivity index (χ1) is 14.6. The van der Waals surface area contributed by atoms with E-state index in [1.807, 2.05) is 24.3 Å². The fourth-order valence-electron chi connectivity index (χ4n) is 2.70. The molecular weight excluding hydrogens is 438 g/mol. The second-order valence-corrected chi connectivity index (χ2v) is 16.6. The van der Waals surface area contributed by atoms with E-state index in [-0.39, 0.29) is 15.9 Å². The minimum absolute atomic E-state index is 0.0324. The Kier molecular flexibility index (Phi) is 7.77. The van der Waals surface area contributed by atoms with Crippen molar-refractivity contribution in [3.8, 4) is 22.6 Å². The van der Waals surface area contributed by atoms with Crippen LogP contribution in [0.5, 0.6) is 0 Å². The normalized spacial score (nSPS) is 13.4. The number of benzene rings is 2. The molecule has 2 aromatic carbocycles. The van der Waals surface area contributed by atoms with Crippen molar-refractivity contribution in [1.82, 2.24) is 4.72 Å². The molecule has 0 fully saturated rings. The summed E-state index contributed by atoms with van der Waals surface area (Å²) in [5, 5.41) is 9.46. The lowest BCUT2D eigenvalue weighted by molar-refractivity contribution is -0.140. The van der Waals surface area contributed by atoms with E-state index in [0.29, 0.717) is 0 Å². The quantitative estimate of drug-likeness (QED) is 0.451. The minimum atomic E-state index is -3.93. The highest BCUT2D eigenvalue weighted by Crippen LogP contribution is 2.35. The van der Waals surface area contributed by atoms with E-state index in [9.17, 15) is 18.3 Å². The Morgan fingerprint density at radius 2 is 1.44 bits per heavy atom. The van der Waals surface area contributed by atoms with Crippen molar-refractivity contribution in [2.24, 2.45) is 5.92 Å². The molecule has 0 aliphatic carbocycles. The first-order valence-electron chi connectivity index (χ1n) is 10.6. The zero-order valence-electron chi connectivity index (χ0n) is 19.9. The van der Waals surface area contributed by atoms with Crippen LogP contribution in [0.1, 0.15) is 40.2 Å². The van der Waals surface area contributed by atoms with E-state index in [4.69, 9.17) is 0 Å². The summed E-state index contributed by atoms with van der Waals surface area (Å²) in [7, 11) is -5.61. The number of carbonyl (C=O) groups is 1. The summed E-state index contributed by atoms with van der Waals surface area (Å²) in [4.78, 5) is 11.4. The van der Waals surface area contributed by atoms with Crippen LogP contribution >= 0.6 is 0 Å². The Balaban J connectivity index is 2.21. The Morgan fingerprint density at radius 3 is 1.84 bits per heavy atom. The summed E-state index contributed by atoms with van der Waals surface area (Å²) in [5.41, 5.74) is 6.27. The van der Waals surface area contributed by atoms with Crippen LogP contribution in [-0.2, 0) is 14.8 Å². The van der Waals surface area contributed by atoms with Gasteiger partial charge in [-0.15, -0.1) is 5.54 Å². The summed E-state index contributed by atoms with van der Waals surface area (Å²) in [6, 6.07) is 13.1. The van der Waals surface area contributed by atoms with Gasteiger partial charge >= 0.3 is 5.97 Å². The maximum atomic E-state index is 12.6. The zero-order chi connectivity index (χ0) is 24.3. The number of rotatable bonds is 6. The van der Waals surface area contributed by atoms with E-state index in [0.717, 1.165) is 16.7 Å². The van der Waals surface area contributed by atoms with E-state index in [1.165, 1.54) is 12.1 Å². The summed E-state index contributed by atoms with van der Waals surface area (Å²) >= 11 is 0. The average molecular weight is 472 g/mol. The lowest BCUT2D eigenvalue weighted by Gasteiger charge is -2.31. The third kappa shape index (κ3) is 6.32. The number of nitrogens with one attached hydrogen (secondary N) is 1. The predicted octanol–water partition coefficient (Wildman–Crippen LogP) is 5.14. The molecule has 172 valence electrons. The van der Waals surface area contributed by atoms with Crippen LogP contribution in [-0.4, -0.2) is 33.6 Å². The van der Waals surface area contributed by atoms with Gasteiger partial charge in [0.1, 0.15) is 14.1 Å². The van der Waals surface area contributed by atoms with Gasteiger partial charge in [0.25, 0.3) is 0 Å². The molecule has 5 nitrogen and oxygen atoms in total. The van der Waals surface area contributed by atoms with Crippen molar-refractivity contribution in [2.45, 2.75) is 63.7 Å². The first-order valence-corrected chi connectivity index (χ1v) is 15.1. The highest BCUT2D eigenvalue weighted by Gasteiger charge is 2.33. The van der Waals surface area contributed by atoms with Crippen LogP contribution in [0.3, 0.4) is 0 Å². The molecule has 1 atom stereocenters. The number of sulfonamides is 1. The third-order valence-electron chi connectivity index (χ3n) is 5.99. The van der Waals surface area contributed by atoms with Crippen LogP contribution in [0.4, 0.5) is 0 Å². The van der Waals surface area contributed by atoms with Gasteiger partial charge in [-0.3, -0.25) is 4.79 Å². The SMILES string of the molecule is CC(C)[C@@H](NS(=O)(=O)c1ccc(-c2ccc(C#C[Si](C)(C)C(C)(C)C)cc2)cc1)C(=O)O. The Bertz CT molecular complexity index is 1120. The molecule has 2 rings (SSSR count). The van der Waals surface area contributed by atoms with Crippen molar-refractivity contribution in [1.29, 1.82) is 0 Å². The molecule has 0 radical (unpaired) electrons. The van der Waals surface area contributed by atoms with E-state index >= 15 is 0 Å². The van der Waals surface area contributed by atoms with Crippen LogP contribution in [0.25, 0.3) is 11.1 Å². The van der Waals surface area contributed by atoms with Gasteiger partial charge in [-0.1, -0.05) is 77.9 Å². The van der Waals surface area contributed by atoms with E-state index in [2.05, 4.69) is 50.1 Å². The smallest absolute Gasteiger partial charge is 0.322 e. The number of aliphatic carboxylic acids is 1. The highest BCUT2D eigenvalue weighted by molar-refractivity contribution is 7.89. The standard InChI is InChI=1S/C25H33NO4SSi/c1-18(2)23(24(27)28)26-31(29,30)22-14-12-21(13-15-22)20-10-8-19(9-11-20)16-17-32(6,7)25(3,4)5/h8-15,18,23,26H,1-7H3,(H,27,28)/t23-/m1/s1. The summed E-state index contributed by atoms with van der Waals surface area (Å²) in [5.74, 6) is 1.74. The molecule has 0 saturated heterocycles. The molecule has 0 unspecified atom stereocenters. The van der Waals surface area contributed by atoms with Crippen molar-refractivity contribution in [2.75, 3.05) is 0 Å². The molecule has 2 N–H and O–H groups in total. The minimum Gasteiger partial charge on any atom is -0.480 e. The topological polar surface area (TPSA) is 83.5 Å². The average Bonchev–Trinajstić information content (AvgIpc) is 2.70. The van der Waals surface area contributed by atoms with Gasteiger partial charge in [-0.2, -0.15) is 4.72 Å². The Morgan fingerprint density at radius 1 is 0.969 bits per heavy atom. The summed E-state index contributed by atoms with van der Waals surface area (Å²) in [6.07, 6.45) is 0. The zero-order valence-corrected chi connectivity index (χ0v) is 21.7. The fraction of sp³-hybridized carbons (Fsp3) is 0.400. The van der Waals surface area contributed by atoms with Gasteiger partial charge in [0.15, 0.2) is 0 Å². The second-order valence-electron chi connectivity index (χ2n) is 9.91.